The normalized spacial score (nSPS) is 17.5. The Morgan fingerprint density at radius 3 is 1.68 bits per heavy atom. The molecule has 426 valence electrons. The quantitative estimate of drug-likeness (QED) is 0.144. The summed E-state index contributed by atoms with van der Waals surface area (Å²) in [5, 5.41) is 1.95. The van der Waals surface area contributed by atoms with Crippen LogP contribution in [0.3, 0.4) is 0 Å². The van der Waals surface area contributed by atoms with Crippen molar-refractivity contribution >= 4 is 44.6 Å². The zero-order valence-electron chi connectivity index (χ0n) is 66.9. The molecule has 2 aliphatic rings. The van der Waals surface area contributed by atoms with Crippen LogP contribution in [0.5, 0.6) is 11.5 Å². The van der Waals surface area contributed by atoms with E-state index in [4.69, 9.17) is 14.3 Å². The number of fused-ring (bicyclic) bond motifs is 5. The summed E-state index contributed by atoms with van der Waals surface area (Å²) in [7, 11) is 0. The van der Waals surface area contributed by atoms with Gasteiger partial charge in [0.05, 0.1) is 50.0 Å². The van der Waals surface area contributed by atoms with Gasteiger partial charge in [0.2, 0.25) is 0 Å². The van der Waals surface area contributed by atoms with Gasteiger partial charge >= 0.3 is 0 Å². The minimum Gasteiger partial charge on any atom is -0.457 e. The van der Waals surface area contributed by atoms with Crippen LogP contribution in [0.25, 0.3) is 72.0 Å². The topological polar surface area (TPSA) is 20.6 Å². The first kappa shape index (κ1) is 39.9. The van der Waals surface area contributed by atoms with Crippen molar-refractivity contribution in [1.82, 2.24) is 4.57 Å². The molecular formula is C81H81N3O. The predicted octanol–water partition coefficient (Wildman–Crippen LogP) is 22.7. The van der Waals surface area contributed by atoms with Crippen molar-refractivity contribution in [3.63, 3.8) is 0 Å². The largest absolute Gasteiger partial charge is 0.457 e. The fraction of sp³-hybridized carbons (Fsp3) is 0.259. The summed E-state index contributed by atoms with van der Waals surface area (Å²) in [6.07, 6.45) is 1.46. The summed E-state index contributed by atoms with van der Waals surface area (Å²) in [6.45, 7) is 25.8. The Bertz CT molecular complexity index is 5270. The van der Waals surface area contributed by atoms with E-state index in [-0.39, 0.29) is 87.9 Å². The van der Waals surface area contributed by atoms with Gasteiger partial charge in [0.1, 0.15) is 18.2 Å². The molecule has 4 heteroatoms. The summed E-state index contributed by atoms with van der Waals surface area (Å²) >= 11 is 0. The third-order valence-electron chi connectivity index (χ3n) is 17.2. The molecule has 0 unspecified atom stereocenters. The first-order valence-electron chi connectivity index (χ1n) is 37.4. The van der Waals surface area contributed by atoms with Crippen molar-refractivity contribution in [1.29, 1.82) is 0 Å². The van der Waals surface area contributed by atoms with Gasteiger partial charge < -0.3 is 19.1 Å². The van der Waals surface area contributed by atoms with Crippen LogP contribution in [0, 0.1) is 0 Å². The molecule has 0 bridgehead atoms. The number of benzene rings is 10. The molecule has 85 heavy (non-hydrogen) atoms. The highest BCUT2D eigenvalue weighted by Gasteiger charge is 2.39. The lowest BCUT2D eigenvalue weighted by molar-refractivity contribution is 0.332. The Balaban J connectivity index is 0.985. The second-order valence-electron chi connectivity index (χ2n) is 27.3. The second-order valence-corrected chi connectivity index (χ2v) is 27.3. The second kappa shape index (κ2) is 20.6. The molecule has 0 atom stereocenters. The van der Waals surface area contributed by atoms with E-state index in [1.165, 1.54) is 0 Å². The number of nitrogens with zero attached hydrogens (tertiary/aromatic N) is 3. The van der Waals surface area contributed by atoms with E-state index in [1.807, 2.05) is 162 Å². The van der Waals surface area contributed by atoms with Gasteiger partial charge in [-0.3, -0.25) is 0 Å². The summed E-state index contributed by atoms with van der Waals surface area (Å²) in [5.74, 6) is 1.02. The van der Waals surface area contributed by atoms with Crippen LogP contribution in [-0.2, 0) is 27.1 Å². The molecule has 1 aliphatic carbocycles. The van der Waals surface area contributed by atoms with Crippen LogP contribution >= 0.6 is 0 Å². The maximum Gasteiger partial charge on any atom is 0.129 e. The van der Waals surface area contributed by atoms with Crippen molar-refractivity contribution in [3.8, 4) is 61.7 Å². The third kappa shape index (κ3) is 10.2. The van der Waals surface area contributed by atoms with Gasteiger partial charge in [-0.2, -0.15) is 0 Å². The Kier molecular flexibility index (Phi) is 9.65. The average Bonchev–Trinajstić information content (AvgIpc) is 1.26. The fourth-order valence-corrected chi connectivity index (χ4v) is 12.2. The van der Waals surface area contributed by atoms with Crippen LogP contribution in [0.4, 0.5) is 22.7 Å². The predicted molar refractivity (Wildman–Crippen MR) is 362 cm³/mol. The number of para-hydroxylation sites is 3. The maximum atomic E-state index is 10.5. The lowest BCUT2D eigenvalue weighted by Gasteiger charge is -2.42. The lowest BCUT2D eigenvalue weighted by atomic mass is 9.63. The van der Waals surface area contributed by atoms with Gasteiger partial charge in [0.25, 0.3) is 0 Å². The molecule has 11 aromatic rings. The number of rotatable bonds is 9. The van der Waals surface area contributed by atoms with E-state index in [2.05, 4.69) is 43.2 Å². The van der Waals surface area contributed by atoms with Crippen molar-refractivity contribution in [2.24, 2.45) is 0 Å². The van der Waals surface area contributed by atoms with Crippen LogP contribution < -0.4 is 14.5 Å². The molecule has 0 spiro atoms. The highest BCUT2D eigenvalue weighted by atomic mass is 16.5. The molecule has 0 fully saturated rings. The summed E-state index contributed by atoms with van der Waals surface area (Å²) < 4.78 is 160. The SMILES string of the molecule is [2H]c1c([2H])c([2H])c(-c2ccc(-n3c4ccccc4c4ccc(Oc5cccc(N6CN(c7c(-c8c([2H])c([2H])c(-c9c([2H])c([2H])c(C(C)(C)C)c([2H])c9[2H])c([2H])c8[2H])cc(C(C)(C)C)cc7-c7c([2H])c([2H])c8c(c7[2H])C(C)(C)CCC8(C)C)c7ccccc76)c5)cc43)cc2C(C)(C)C)c([2H])c1[2H]. The van der Waals surface area contributed by atoms with Gasteiger partial charge in [-0.05, 0) is 168 Å². The minimum atomic E-state index is -0.810. The Labute approximate surface area is 527 Å². The summed E-state index contributed by atoms with van der Waals surface area (Å²) in [4.78, 5) is 4.11. The Hall–Kier alpha value is -8.60. The van der Waals surface area contributed by atoms with Crippen LogP contribution in [-0.4, -0.2) is 11.2 Å². The van der Waals surface area contributed by atoms with Crippen molar-refractivity contribution in [2.75, 3.05) is 16.5 Å². The van der Waals surface area contributed by atoms with Crippen molar-refractivity contribution in [3.05, 3.63) is 246 Å². The zero-order valence-corrected chi connectivity index (χ0v) is 50.9. The van der Waals surface area contributed by atoms with Crippen LogP contribution in [0.1, 0.15) is 153 Å². The lowest BCUT2D eigenvalue weighted by Crippen LogP contribution is -2.33. The van der Waals surface area contributed by atoms with Crippen LogP contribution in [0.15, 0.2) is 218 Å². The molecule has 0 saturated carbocycles. The fourth-order valence-electron chi connectivity index (χ4n) is 12.2. The first-order valence-corrected chi connectivity index (χ1v) is 29.4. The van der Waals surface area contributed by atoms with E-state index in [1.54, 1.807) is 20.8 Å². The molecule has 13 rings (SSSR count). The highest BCUT2D eigenvalue weighted by molar-refractivity contribution is 6.10. The number of hydrogen-bond acceptors (Lipinski definition) is 3. The average molecular weight is 1130 g/mol. The van der Waals surface area contributed by atoms with E-state index < -0.39 is 81.5 Å². The van der Waals surface area contributed by atoms with Gasteiger partial charge in [-0.25, -0.2) is 0 Å². The maximum absolute atomic E-state index is 10.5. The molecule has 2 heterocycles. The summed E-state index contributed by atoms with van der Waals surface area (Å²) in [6, 6.07) is 33.3. The number of anilines is 4. The Morgan fingerprint density at radius 1 is 0.424 bits per heavy atom. The Morgan fingerprint density at radius 2 is 1.00 bits per heavy atom. The van der Waals surface area contributed by atoms with E-state index in [0.29, 0.717) is 56.4 Å². The number of ether oxygens (including phenoxy) is 1. The molecule has 1 aliphatic heterocycles. The van der Waals surface area contributed by atoms with E-state index in [0.717, 1.165) is 51.6 Å². The molecule has 0 saturated heterocycles. The van der Waals surface area contributed by atoms with E-state index in [9.17, 15) is 12.3 Å². The molecule has 0 N–H and O–H groups in total. The molecule has 10 aromatic carbocycles. The number of aromatic nitrogens is 1. The van der Waals surface area contributed by atoms with Gasteiger partial charge in [-0.15, -0.1) is 0 Å². The molecule has 1 aromatic heterocycles. The highest BCUT2D eigenvalue weighted by Crippen LogP contribution is 2.54. The third-order valence-corrected chi connectivity index (χ3v) is 17.2. The molecule has 0 amide bonds. The summed E-state index contributed by atoms with van der Waals surface area (Å²) in [5.41, 5.74) is 5.42. The van der Waals surface area contributed by atoms with Gasteiger partial charge in [-0.1, -0.05) is 229 Å². The first-order chi connectivity index (χ1) is 47.2. The standard InChI is InChI=1S/C81H81N3O/c1-77(2,3)58-37-34-54(35-38-58)53-30-32-56(33-31-53)67-47-59(78(4,5)6)48-68(57-36-43-69-71(46-57)81(12,13)45-44-80(69,10)11)76(67)83-52-82(73-28-19-20-29-74(73)83)60-24-21-25-62(49-60)85-63-40-42-66-65-26-17-18-27-72(65)84(75(66)51-63)61-39-41-64(55-22-15-14-16-23-55)70(50-61)79(7,8)9/h14-43,46-51H,44-45,52H2,1-13H3/i14D,15D,16D,22D,23D,30D,31D,32D,33D,34D,35D,36D,37D,38D,43D,46D. The van der Waals surface area contributed by atoms with Crippen molar-refractivity contribution in [2.45, 2.75) is 130 Å². The van der Waals surface area contributed by atoms with Gasteiger partial charge in [0.15, 0.2) is 0 Å². The minimum absolute atomic E-state index is 0.00286. The molecule has 4 nitrogen and oxygen atoms in total. The van der Waals surface area contributed by atoms with Gasteiger partial charge in [0, 0.05) is 45.4 Å². The molecule has 0 radical (unpaired) electrons. The smallest absolute Gasteiger partial charge is 0.129 e. The monoisotopic (exact) mass is 1130 g/mol. The van der Waals surface area contributed by atoms with Crippen LogP contribution in [0.2, 0.25) is 0 Å². The number of hydrogen-bond donors (Lipinski definition) is 0. The van der Waals surface area contributed by atoms with E-state index >= 15 is 0 Å². The molecular weight excluding hydrogens is 1030 g/mol. The zero-order chi connectivity index (χ0) is 73.3. The van der Waals surface area contributed by atoms with Crippen molar-refractivity contribution < 1.29 is 26.7 Å².